The lowest BCUT2D eigenvalue weighted by Gasteiger charge is -2.22. The highest BCUT2D eigenvalue weighted by atomic mass is 19.1. The normalized spacial score (nSPS) is 16.3. The van der Waals surface area contributed by atoms with Crippen LogP contribution in [0.3, 0.4) is 0 Å². The Bertz CT molecular complexity index is 1160. The molecule has 152 valence electrons. The fourth-order valence-electron chi connectivity index (χ4n) is 2.76. The molecule has 1 unspecified atom stereocenters. The Hall–Kier alpha value is -4.22. The fraction of sp³-hybridized carbons (Fsp3) is 0.111. The van der Waals surface area contributed by atoms with E-state index in [1.54, 1.807) is 0 Å². The van der Waals surface area contributed by atoms with Gasteiger partial charge in [0.05, 0.1) is 12.2 Å². The number of carbonyl (C=O) groups excluding carboxylic acids is 2. The first-order valence-electron chi connectivity index (χ1n) is 8.52. The summed E-state index contributed by atoms with van der Waals surface area (Å²) in [6.07, 6.45) is 1.94. The second-order valence-electron chi connectivity index (χ2n) is 6.19. The van der Waals surface area contributed by atoms with Crippen LogP contribution in [-0.4, -0.2) is 37.0 Å². The summed E-state index contributed by atoms with van der Waals surface area (Å²) >= 11 is 0. The fourth-order valence-corrected chi connectivity index (χ4v) is 2.76. The number of hydrogen-bond acceptors (Lipinski definition) is 8. The van der Waals surface area contributed by atoms with Crippen molar-refractivity contribution in [3.63, 3.8) is 0 Å². The third-order valence-corrected chi connectivity index (χ3v) is 4.14. The molecular weight excluding hydrogens is 402 g/mol. The van der Waals surface area contributed by atoms with Crippen LogP contribution in [0.4, 0.5) is 14.6 Å². The van der Waals surface area contributed by atoms with Gasteiger partial charge in [-0.25, -0.2) is 14.4 Å². The van der Waals surface area contributed by atoms with Crippen molar-refractivity contribution in [3.05, 3.63) is 65.6 Å². The number of amides is 2. The molecule has 3 N–H and O–H groups in total. The second kappa shape index (κ2) is 7.66. The van der Waals surface area contributed by atoms with Gasteiger partial charge in [0.1, 0.15) is 23.0 Å². The van der Waals surface area contributed by atoms with Crippen molar-refractivity contribution in [2.75, 3.05) is 5.32 Å². The van der Waals surface area contributed by atoms with Crippen molar-refractivity contribution in [1.29, 1.82) is 0 Å². The monoisotopic (exact) mass is 414 g/mol. The number of nitrogens with one attached hydrogen (secondary N) is 2. The van der Waals surface area contributed by atoms with E-state index >= 15 is 0 Å². The Morgan fingerprint density at radius 1 is 1.27 bits per heavy atom. The third-order valence-electron chi connectivity index (χ3n) is 4.14. The van der Waals surface area contributed by atoms with Crippen LogP contribution >= 0.6 is 0 Å². The van der Waals surface area contributed by atoms with Gasteiger partial charge in [0.25, 0.3) is 17.7 Å². The standard InChI is InChI=1S/C18H12F2N6O4/c19-9-1-2-13(22-7-9)24-17(29)14-11(27)6-10(23-16(14)28)15-25-18(30-26-15)8-3-4-21-12(20)5-8/h1-5,7,10,27H,6H2,(H,23,28)(H,22,24,29). The molecule has 10 nitrogen and oxygen atoms in total. The lowest BCUT2D eigenvalue weighted by Crippen LogP contribution is -2.39. The zero-order chi connectivity index (χ0) is 21.3. The van der Waals surface area contributed by atoms with E-state index < -0.39 is 41.0 Å². The summed E-state index contributed by atoms with van der Waals surface area (Å²) in [5, 5.41) is 18.8. The molecule has 0 aromatic carbocycles. The number of rotatable bonds is 4. The van der Waals surface area contributed by atoms with E-state index in [9.17, 15) is 23.5 Å². The molecule has 1 aliphatic heterocycles. The number of aliphatic hydroxyl groups excluding tert-OH is 1. The van der Waals surface area contributed by atoms with Gasteiger partial charge in [0, 0.05) is 24.2 Å². The highest BCUT2D eigenvalue weighted by Gasteiger charge is 2.34. The molecule has 1 atom stereocenters. The Kier molecular flexibility index (Phi) is 4.88. The molecule has 0 aliphatic carbocycles. The van der Waals surface area contributed by atoms with Crippen molar-refractivity contribution < 1.29 is 28.0 Å². The summed E-state index contributed by atoms with van der Waals surface area (Å²) in [7, 11) is 0. The van der Waals surface area contributed by atoms with Crippen molar-refractivity contribution in [2.45, 2.75) is 12.5 Å². The van der Waals surface area contributed by atoms with Crippen LogP contribution in [-0.2, 0) is 9.59 Å². The van der Waals surface area contributed by atoms with Gasteiger partial charge < -0.3 is 20.3 Å². The summed E-state index contributed by atoms with van der Waals surface area (Å²) in [6.45, 7) is 0. The topological polar surface area (TPSA) is 143 Å². The van der Waals surface area contributed by atoms with Gasteiger partial charge in [0.15, 0.2) is 5.82 Å². The average molecular weight is 414 g/mol. The van der Waals surface area contributed by atoms with Crippen molar-refractivity contribution in [2.24, 2.45) is 0 Å². The van der Waals surface area contributed by atoms with E-state index in [0.717, 1.165) is 18.3 Å². The third kappa shape index (κ3) is 3.83. The number of hydrogen-bond donors (Lipinski definition) is 3. The van der Waals surface area contributed by atoms with Crippen molar-refractivity contribution >= 4 is 17.6 Å². The largest absolute Gasteiger partial charge is 0.511 e. The zero-order valence-electron chi connectivity index (χ0n) is 15.0. The van der Waals surface area contributed by atoms with Gasteiger partial charge in [0.2, 0.25) is 5.95 Å². The number of halogens is 2. The van der Waals surface area contributed by atoms with E-state index in [-0.39, 0.29) is 29.5 Å². The van der Waals surface area contributed by atoms with Crippen LogP contribution in [0.15, 0.2) is 52.5 Å². The predicted molar refractivity (Wildman–Crippen MR) is 95.5 cm³/mol. The molecule has 0 radical (unpaired) electrons. The van der Waals surface area contributed by atoms with Crippen LogP contribution in [0.5, 0.6) is 0 Å². The quantitative estimate of drug-likeness (QED) is 0.433. The molecule has 0 spiro atoms. The molecule has 30 heavy (non-hydrogen) atoms. The Labute approximate surface area is 166 Å². The highest BCUT2D eigenvalue weighted by molar-refractivity contribution is 6.23. The molecule has 1 aliphatic rings. The molecule has 4 heterocycles. The Morgan fingerprint density at radius 3 is 2.80 bits per heavy atom. The molecule has 3 aromatic heterocycles. The molecule has 0 fully saturated rings. The number of aliphatic hydroxyl groups is 1. The smallest absolute Gasteiger partial charge is 0.265 e. The number of carbonyl (C=O) groups is 2. The summed E-state index contributed by atoms with van der Waals surface area (Å²) in [5.74, 6) is -3.58. The van der Waals surface area contributed by atoms with Crippen LogP contribution < -0.4 is 10.6 Å². The minimum Gasteiger partial charge on any atom is -0.511 e. The van der Waals surface area contributed by atoms with Gasteiger partial charge in [-0.3, -0.25) is 9.59 Å². The van der Waals surface area contributed by atoms with Gasteiger partial charge in [-0.15, -0.1) is 0 Å². The van der Waals surface area contributed by atoms with Gasteiger partial charge in [-0.05, 0) is 18.2 Å². The highest BCUT2D eigenvalue weighted by Crippen LogP contribution is 2.27. The lowest BCUT2D eigenvalue weighted by molar-refractivity contribution is -0.123. The maximum Gasteiger partial charge on any atom is 0.265 e. The van der Waals surface area contributed by atoms with Gasteiger partial charge >= 0.3 is 0 Å². The lowest BCUT2D eigenvalue weighted by atomic mass is 10.0. The van der Waals surface area contributed by atoms with E-state index in [4.69, 9.17) is 4.52 Å². The van der Waals surface area contributed by atoms with Crippen LogP contribution in [0.2, 0.25) is 0 Å². The van der Waals surface area contributed by atoms with Crippen molar-refractivity contribution in [3.8, 4) is 11.5 Å². The summed E-state index contributed by atoms with van der Waals surface area (Å²) in [6, 6.07) is 3.97. The van der Waals surface area contributed by atoms with Gasteiger partial charge in [-0.1, -0.05) is 5.16 Å². The minimum atomic E-state index is -0.913. The number of anilines is 1. The first-order chi connectivity index (χ1) is 14.4. The van der Waals surface area contributed by atoms with Crippen LogP contribution in [0.25, 0.3) is 11.5 Å². The number of pyridine rings is 2. The first kappa shape index (κ1) is 19.1. The van der Waals surface area contributed by atoms with Crippen LogP contribution in [0.1, 0.15) is 18.3 Å². The molecule has 4 rings (SSSR count). The molecule has 0 saturated heterocycles. The number of nitrogens with zero attached hydrogens (tertiary/aromatic N) is 4. The first-order valence-corrected chi connectivity index (χ1v) is 8.52. The maximum absolute atomic E-state index is 13.3. The number of aromatic nitrogens is 4. The van der Waals surface area contributed by atoms with E-state index in [1.807, 2.05) is 0 Å². The van der Waals surface area contributed by atoms with Crippen LogP contribution in [0, 0.1) is 11.8 Å². The van der Waals surface area contributed by atoms with E-state index in [1.165, 1.54) is 18.3 Å². The summed E-state index contributed by atoms with van der Waals surface area (Å²) in [4.78, 5) is 35.9. The molecule has 2 amide bonds. The Morgan fingerprint density at radius 2 is 2.10 bits per heavy atom. The molecule has 0 bridgehead atoms. The SMILES string of the molecule is O=C(Nc1ccc(F)cn1)C1=C(O)CC(c2noc(-c3ccnc(F)c3)n2)NC1=O. The molecular formula is C18H12F2N6O4. The Balaban J connectivity index is 1.52. The second-order valence-corrected chi connectivity index (χ2v) is 6.19. The van der Waals surface area contributed by atoms with Crippen molar-refractivity contribution in [1.82, 2.24) is 25.4 Å². The van der Waals surface area contributed by atoms with Gasteiger partial charge in [-0.2, -0.15) is 9.37 Å². The van der Waals surface area contributed by atoms with E-state index in [2.05, 4.69) is 30.7 Å². The molecule has 3 aromatic rings. The molecule has 12 heteroatoms. The maximum atomic E-state index is 13.3. The summed E-state index contributed by atoms with van der Waals surface area (Å²) < 4.78 is 31.2. The summed E-state index contributed by atoms with van der Waals surface area (Å²) in [5.41, 5.74) is -0.229. The predicted octanol–water partition coefficient (Wildman–Crippen LogP) is 1.82. The van der Waals surface area contributed by atoms with E-state index in [0.29, 0.717) is 0 Å². The minimum absolute atomic E-state index is 0.00372. The zero-order valence-corrected chi connectivity index (χ0v) is 15.0. The molecule has 0 saturated carbocycles. The average Bonchev–Trinajstić information content (AvgIpc) is 3.19.